The minimum Gasteiger partial charge on any atom is -0.349 e. The van der Waals surface area contributed by atoms with Crippen LogP contribution in [-0.2, 0) is 21.0 Å². The summed E-state index contributed by atoms with van der Waals surface area (Å²) in [5, 5.41) is 8.14. The van der Waals surface area contributed by atoms with Gasteiger partial charge < -0.3 is 5.32 Å². The first-order valence-electron chi connectivity index (χ1n) is 18.0. The topological polar surface area (TPSA) is 70.5 Å². The summed E-state index contributed by atoms with van der Waals surface area (Å²) in [4.78, 5) is 16.5. The molecule has 2 aromatic rings. The van der Waals surface area contributed by atoms with Gasteiger partial charge in [0.1, 0.15) is 0 Å². The molecule has 0 saturated carbocycles. The minimum atomic E-state index is -2.50. The Kier molecular flexibility index (Phi) is 18.3. The zero-order chi connectivity index (χ0) is 35.9. The van der Waals surface area contributed by atoms with Crippen molar-refractivity contribution < 1.29 is 9.00 Å². The molecule has 47 heavy (non-hydrogen) atoms. The highest BCUT2D eigenvalue weighted by atomic mass is 32.2. The zero-order valence-corrected chi connectivity index (χ0v) is 33.0. The average molecular weight is 672 g/mol. The van der Waals surface area contributed by atoms with Crippen LogP contribution in [0.25, 0.3) is 5.69 Å². The minimum absolute atomic E-state index is 0.0323. The van der Waals surface area contributed by atoms with Gasteiger partial charge in [0.25, 0.3) is 0 Å². The number of piperidine rings is 1. The predicted molar refractivity (Wildman–Crippen MR) is 205 cm³/mol. The van der Waals surface area contributed by atoms with Crippen LogP contribution in [-0.4, -0.2) is 67.7 Å². The van der Waals surface area contributed by atoms with Crippen molar-refractivity contribution in [2.24, 2.45) is 11.3 Å². The largest absolute Gasteiger partial charge is 0.349 e. The number of amides is 1. The summed E-state index contributed by atoms with van der Waals surface area (Å²) in [6.07, 6.45) is 7.57. The Bertz CT molecular complexity index is 1330. The zero-order valence-electron chi connectivity index (χ0n) is 32.2. The SMILES string of the molecule is C=C(C)C(CC(C)C)NC(=O)C1(C)CCN(Cc2c(C)nn(-c3ccc(S(=C)(=O)N(C)CCC)cc3)c2C)CC1.CC.CCCCC. The van der Waals surface area contributed by atoms with E-state index in [1.807, 2.05) is 61.1 Å². The monoisotopic (exact) mass is 672 g/mol. The summed E-state index contributed by atoms with van der Waals surface area (Å²) in [5.74, 6) is 4.66. The van der Waals surface area contributed by atoms with Gasteiger partial charge >= 0.3 is 0 Å². The Hall–Kier alpha value is -2.42. The van der Waals surface area contributed by atoms with Gasteiger partial charge in [0, 0.05) is 40.7 Å². The Morgan fingerprint density at radius 2 is 1.62 bits per heavy atom. The molecular formula is C39H69N5O2S. The summed E-state index contributed by atoms with van der Waals surface area (Å²) in [7, 11) is -0.638. The van der Waals surface area contributed by atoms with Gasteiger partial charge in [0.2, 0.25) is 5.91 Å². The molecule has 2 heterocycles. The number of hydrogen-bond acceptors (Lipinski definition) is 4. The molecule has 1 aromatic heterocycles. The van der Waals surface area contributed by atoms with Crippen LogP contribution >= 0.6 is 0 Å². The van der Waals surface area contributed by atoms with E-state index in [9.17, 15) is 9.00 Å². The fourth-order valence-corrected chi connectivity index (χ4v) is 7.19. The van der Waals surface area contributed by atoms with E-state index in [1.165, 1.54) is 24.8 Å². The lowest BCUT2D eigenvalue weighted by atomic mass is 9.79. The standard InChI is InChI=1S/C32H51N5O2S.C5H12.C2H6/c1-11-18-35(9)40(10,39)28-14-12-27(13-15-28)37-26(7)29(25(6)34-37)22-36-19-16-32(8,17-20-36)31(38)33-30(24(4)5)21-23(2)3;1-3-5-4-2;1-2/h12-15,23,30H,4,10-11,16-22H2,1-3,5-9H3,(H,33,38);3-5H2,1-2H3;1-2H3. The maximum absolute atomic E-state index is 13.3. The molecule has 268 valence electrons. The first-order valence-corrected chi connectivity index (χ1v) is 19.7. The predicted octanol–water partition coefficient (Wildman–Crippen LogP) is 8.75. The number of nitrogens with one attached hydrogen (secondary N) is 1. The van der Waals surface area contributed by atoms with Crippen LogP contribution in [0.3, 0.4) is 0 Å². The van der Waals surface area contributed by atoms with Gasteiger partial charge in [-0.05, 0) is 103 Å². The van der Waals surface area contributed by atoms with E-state index in [4.69, 9.17) is 5.10 Å². The number of benzene rings is 1. The van der Waals surface area contributed by atoms with Crippen LogP contribution in [0.2, 0.25) is 0 Å². The molecule has 1 saturated heterocycles. The lowest BCUT2D eigenvalue weighted by molar-refractivity contribution is -0.133. The molecule has 0 bridgehead atoms. The van der Waals surface area contributed by atoms with Crippen LogP contribution in [0.5, 0.6) is 0 Å². The lowest BCUT2D eigenvalue weighted by Crippen LogP contribution is -2.50. The molecule has 1 aliphatic rings. The fourth-order valence-electron chi connectivity index (χ4n) is 5.79. The number of carbonyl (C=O) groups excluding carboxylic acids is 1. The van der Waals surface area contributed by atoms with Crippen molar-refractivity contribution in [2.75, 3.05) is 26.7 Å². The summed E-state index contributed by atoms with van der Waals surface area (Å²) in [6, 6.07) is 7.80. The second kappa shape index (κ2) is 20.2. The van der Waals surface area contributed by atoms with E-state index in [-0.39, 0.29) is 17.4 Å². The smallest absolute Gasteiger partial charge is 0.226 e. The first kappa shape index (κ1) is 42.6. The molecule has 0 radical (unpaired) electrons. The third-order valence-corrected chi connectivity index (χ3v) is 11.3. The van der Waals surface area contributed by atoms with E-state index < -0.39 is 9.71 Å². The molecular weight excluding hydrogens is 603 g/mol. The summed E-state index contributed by atoms with van der Waals surface area (Å²) in [6.45, 7) is 30.5. The summed E-state index contributed by atoms with van der Waals surface area (Å²) in [5.41, 5.74) is 4.93. The van der Waals surface area contributed by atoms with Gasteiger partial charge in [-0.25, -0.2) is 13.2 Å². The summed E-state index contributed by atoms with van der Waals surface area (Å²) < 4.78 is 17.1. The third kappa shape index (κ3) is 12.2. The van der Waals surface area contributed by atoms with Crippen molar-refractivity contribution in [3.63, 3.8) is 0 Å². The van der Waals surface area contributed by atoms with Crippen molar-refractivity contribution in [3.05, 3.63) is 53.4 Å². The number of unbranched alkanes of at least 4 members (excludes halogenated alkanes) is 2. The molecule has 8 heteroatoms. The Balaban J connectivity index is 0.00000144. The highest BCUT2D eigenvalue weighted by Crippen LogP contribution is 2.33. The maximum atomic E-state index is 13.3. The lowest BCUT2D eigenvalue weighted by Gasteiger charge is -2.39. The molecule has 1 aliphatic heterocycles. The Morgan fingerprint density at radius 3 is 2.06 bits per heavy atom. The molecule has 1 N–H and O–H groups in total. The molecule has 1 fully saturated rings. The number of rotatable bonds is 14. The number of aryl methyl sites for hydroxylation is 1. The molecule has 3 rings (SSSR count). The number of nitrogens with zero attached hydrogens (tertiary/aromatic N) is 4. The van der Waals surface area contributed by atoms with Gasteiger partial charge in [-0.15, -0.1) is 0 Å². The van der Waals surface area contributed by atoms with Gasteiger partial charge in [-0.1, -0.05) is 86.8 Å². The first-order chi connectivity index (χ1) is 22.1. The van der Waals surface area contributed by atoms with Crippen molar-refractivity contribution in [2.45, 2.75) is 139 Å². The molecule has 1 amide bonds. The fraction of sp³-hybridized carbons (Fsp3) is 0.667. The number of carbonyl (C=O) groups is 1. The second-order valence-corrected chi connectivity index (χ2v) is 16.1. The molecule has 2 unspecified atom stereocenters. The van der Waals surface area contributed by atoms with Crippen molar-refractivity contribution in [1.82, 2.24) is 24.3 Å². The van der Waals surface area contributed by atoms with Crippen molar-refractivity contribution in [3.8, 4) is 5.69 Å². The highest BCUT2D eigenvalue weighted by Gasteiger charge is 2.38. The quantitative estimate of drug-likeness (QED) is 0.161. The average Bonchev–Trinajstić information content (AvgIpc) is 3.31. The van der Waals surface area contributed by atoms with Crippen LogP contribution in [0.4, 0.5) is 0 Å². The molecule has 1 aromatic carbocycles. The molecule has 2 atom stereocenters. The van der Waals surface area contributed by atoms with Crippen molar-refractivity contribution >= 4 is 21.5 Å². The maximum Gasteiger partial charge on any atom is 0.226 e. The highest BCUT2D eigenvalue weighted by molar-refractivity contribution is 7.98. The van der Waals surface area contributed by atoms with Crippen LogP contribution in [0, 0.1) is 25.2 Å². The molecule has 7 nitrogen and oxygen atoms in total. The van der Waals surface area contributed by atoms with Crippen LogP contribution in [0.15, 0.2) is 41.3 Å². The Morgan fingerprint density at radius 1 is 1.06 bits per heavy atom. The number of hydrogen-bond donors (Lipinski definition) is 1. The van der Waals surface area contributed by atoms with Crippen LogP contribution < -0.4 is 5.32 Å². The Labute approximate surface area is 289 Å². The third-order valence-electron chi connectivity index (χ3n) is 9.14. The summed E-state index contributed by atoms with van der Waals surface area (Å²) >= 11 is 0. The normalized spacial score (nSPS) is 16.4. The van der Waals surface area contributed by atoms with Gasteiger partial charge in [-0.3, -0.25) is 9.69 Å². The number of aromatic nitrogens is 2. The van der Waals surface area contributed by atoms with Crippen molar-refractivity contribution in [1.29, 1.82) is 0 Å². The van der Waals surface area contributed by atoms with Gasteiger partial charge in [0.05, 0.1) is 21.1 Å². The van der Waals surface area contributed by atoms with Gasteiger partial charge in [-0.2, -0.15) is 5.10 Å². The van der Waals surface area contributed by atoms with E-state index >= 15 is 0 Å². The van der Waals surface area contributed by atoms with E-state index in [0.717, 1.165) is 79.4 Å². The van der Waals surface area contributed by atoms with E-state index in [1.54, 1.807) is 0 Å². The molecule has 0 spiro atoms. The van der Waals surface area contributed by atoms with E-state index in [2.05, 4.69) is 78.1 Å². The van der Waals surface area contributed by atoms with Crippen LogP contribution in [0.1, 0.15) is 124 Å². The van der Waals surface area contributed by atoms with Gasteiger partial charge in [0.15, 0.2) is 0 Å². The number of likely N-dealkylation sites (tertiary alicyclic amines) is 1. The molecule has 0 aliphatic carbocycles. The van der Waals surface area contributed by atoms with E-state index in [0.29, 0.717) is 5.92 Å². The second-order valence-electron chi connectivity index (χ2n) is 13.7.